The number of anilines is 1. The number of hydrogen-bond donors (Lipinski definition) is 0. The van der Waals surface area contributed by atoms with Crippen LogP contribution in [0.2, 0.25) is 0 Å². The molecule has 3 heteroatoms. The predicted octanol–water partition coefficient (Wildman–Crippen LogP) is 3.88. The van der Waals surface area contributed by atoms with Crippen LogP contribution >= 0.6 is 0 Å². The van der Waals surface area contributed by atoms with Crippen LogP contribution in [0.15, 0.2) is 67.3 Å². The molecule has 0 radical (unpaired) electrons. The third-order valence-electron chi connectivity index (χ3n) is 4.26. The third-order valence-corrected chi connectivity index (χ3v) is 4.26. The molecule has 0 aromatic heterocycles. The van der Waals surface area contributed by atoms with E-state index < -0.39 is 0 Å². The first-order valence-corrected chi connectivity index (χ1v) is 7.70. The first kappa shape index (κ1) is 14.8. The molecule has 0 amide bonds. The minimum Gasteiger partial charge on any atom is -0.369 e. The van der Waals surface area contributed by atoms with Gasteiger partial charge in [0.25, 0.3) is 0 Å². The second kappa shape index (κ2) is 6.75. The van der Waals surface area contributed by atoms with Gasteiger partial charge in [-0.05, 0) is 29.8 Å². The van der Waals surface area contributed by atoms with Crippen molar-refractivity contribution in [2.24, 2.45) is 0 Å². The Labute approximate surface area is 131 Å². The van der Waals surface area contributed by atoms with Gasteiger partial charge in [-0.1, -0.05) is 36.4 Å². The molecule has 1 heterocycles. The lowest BCUT2D eigenvalue weighted by Gasteiger charge is -2.39. The lowest BCUT2D eigenvalue weighted by atomic mass is 10.0. The van der Waals surface area contributed by atoms with E-state index in [-0.39, 0.29) is 11.9 Å². The molecule has 1 aliphatic rings. The molecular weight excluding hydrogens is 275 g/mol. The second-order valence-corrected chi connectivity index (χ2v) is 5.59. The van der Waals surface area contributed by atoms with Crippen LogP contribution in [0.1, 0.15) is 11.6 Å². The molecule has 0 bridgehead atoms. The van der Waals surface area contributed by atoms with Crippen molar-refractivity contribution < 1.29 is 4.39 Å². The Hall–Kier alpha value is -2.13. The van der Waals surface area contributed by atoms with Gasteiger partial charge >= 0.3 is 0 Å². The number of piperazine rings is 1. The minimum atomic E-state index is -0.194. The van der Waals surface area contributed by atoms with Gasteiger partial charge in [0.05, 0.1) is 6.04 Å². The number of hydrogen-bond acceptors (Lipinski definition) is 2. The molecule has 22 heavy (non-hydrogen) atoms. The summed E-state index contributed by atoms with van der Waals surface area (Å²) in [5.74, 6) is -0.194. The molecule has 0 aliphatic carbocycles. The lowest BCUT2D eigenvalue weighted by Crippen LogP contribution is -2.47. The Kier molecular flexibility index (Phi) is 4.54. The van der Waals surface area contributed by atoms with Crippen LogP contribution in [0.3, 0.4) is 0 Å². The molecule has 2 nitrogen and oxygen atoms in total. The molecule has 0 spiro atoms. The third kappa shape index (κ3) is 3.20. The van der Waals surface area contributed by atoms with Gasteiger partial charge in [-0.25, -0.2) is 4.39 Å². The van der Waals surface area contributed by atoms with E-state index >= 15 is 0 Å². The molecule has 0 saturated carbocycles. The molecule has 0 unspecified atom stereocenters. The van der Waals surface area contributed by atoms with Crippen LogP contribution in [0.5, 0.6) is 0 Å². The summed E-state index contributed by atoms with van der Waals surface area (Å²) in [6.45, 7) is 7.90. The van der Waals surface area contributed by atoms with E-state index in [0.29, 0.717) is 0 Å². The maximum absolute atomic E-state index is 13.1. The molecule has 1 atom stereocenters. The van der Waals surface area contributed by atoms with Gasteiger partial charge < -0.3 is 4.90 Å². The van der Waals surface area contributed by atoms with E-state index in [0.717, 1.165) is 31.7 Å². The maximum atomic E-state index is 13.1. The highest BCUT2D eigenvalue weighted by atomic mass is 19.1. The van der Waals surface area contributed by atoms with Gasteiger partial charge in [-0.15, -0.1) is 6.58 Å². The van der Waals surface area contributed by atoms with Gasteiger partial charge in [0, 0.05) is 31.9 Å². The van der Waals surface area contributed by atoms with Gasteiger partial charge in [-0.2, -0.15) is 0 Å². The predicted molar refractivity (Wildman–Crippen MR) is 89.6 cm³/mol. The first-order chi connectivity index (χ1) is 10.8. The summed E-state index contributed by atoms with van der Waals surface area (Å²) < 4.78 is 13.1. The number of rotatable bonds is 4. The number of halogens is 1. The highest BCUT2D eigenvalue weighted by Gasteiger charge is 2.23. The summed E-state index contributed by atoms with van der Waals surface area (Å²) in [4.78, 5) is 4.81. The van der Waals surface area contributed by atoms with Gasteiger partial charge in [-0.3, -0.25) is 4.90 Å². The average molecular weight is 296 g/mol. The van der Waals surface area contributed by atoms with Crippen LogP contribution in [0, 0.1) is 5.82 Å². The fraction of sp³-hybridized carbons (Fsp3) is 0.263. The Morgan fingerprint density at radius 1 is 0.909 bits per heavy atom. The topological polar surface area (TPSA) is 6.48 Å². The summed E-state index contributed by atoms with van der Waals surface area (Å²) in [7, 11) is 0. The number of para-hydroxylation sites is 1. The quantitative estimate of drug-likeness (QED) is 0.790. The van der Waals surface area contributed by atoms with Crippen LogP contribution in [-0.4, -0.2) is 31.1 Å². The van der Waals surface area contributed by atoms with Gasteiger partial charge in [0.2, 0.25) is 0 Å². The summed E-state index contributed by atoms with van der Waals surface area (Å²) in [5, 5.41) is 0. The number of benzene rings is 2. The molecule has 0 N–H and O–H groups in total. The highest BCUT2D eigenvalue weighted by molar-refractivity contribution is 5.46. The van der Waals surface area contributed by atoms with Crippen LogP contribution in [0.25, 0.3) is 0 Å². The summed E-state index contributed by atoms with van der Waals surface area (Å²) in [5.41, 5.74) is 2.38. The normalized spacial score (nSPS) is 17.2. The van der Waals surface area contributed by atoms with E-state index in [1.54, 1.807) is 0 Å². The van der Waals surface area contributed by atoms with Crippen LogP contribution < -0.4 is 4.90 Å². The monoisotopic (exact) mass is 296 g/mol. The molecule has 114 valence electrons. The van der Waals surface area contributed by atoms with Crippen molar-refractivity contribution in [3.8, 4) is 0 Å². The van der Waals surface area contributed by atoms with E-state index in [2.05, 4.69) is 40.6 Å². The van der Waals surface area contributed by atoms with Crippen LogP contribution in [-0.2, 0) is 0 Å². The molecular formula is C19H21FN2. The van der Waals surface area contributed by atoms with Crippen LogP contribution in [0.4, 0.5) is 10.1 Å². The molecule has 1 aliphatic heterocycles. The summed E-state index contributed by atoms with van der Waals surface area (Å²) >= 11 is 0. The highest BCUT2D eigenvalue weighted by Crippen LogP contribution is 2.25. The lowest BCUT2D eigenvalue weighted by molar-refractivity contribution is 0.218. The second-order valence-electron chi connectivity index (χ2n) is 5.59. The molecule has 2 aromatic carbocycles. The SMILES string of the molecule is C=C[C@@H](c1ccc(F)cc1)N1CCN(c2ccccc2)CC1. The molecule has 2 aromatic rings. The molecule has 3 rings (SSSR count). The van der Waals surface area contributed by atoms with E-state index in [4.69, 9.17) is 0 Å². The smallest absolute Gasteiger partial charge is 0.123 e. The van der Waals surface area contributed by atoms with Crippen molar-refractivity contribution in [3.63, 3.8) is 0 Å². The first-order valence-electron chi connectivity index (χ1n) is 7.70. The Balaban J connectivity index is 1.67. The van der Waals surface area contributed by atoms with Crippen molar-refractivity contribution in [2.45, 2.75) is 6.04 Å². The summed E-state index contributed by atoms with van der Waals surface area (Å²) in [6.07, 6.45) is 1.95. The Morgan fingerprint density at radius 2 is 1.55 bits per heavy atom. The zero-order valence-corrected chi connectivity index (χ0v) is 12.7. The largest absolute Gasteiger partial charge is 0.369 e. The number of nitrogens with zero attached hydrogens (tertiary/aromatic N) is 2. The fourth-order valence-corrected chi connectivity index (χ4v) is 3.05. The van der Waals surface area contributed by atoms with Crippen molar-refractivity contribution in [3.05, 3.63) is 78.6 Å². The minimum absolute atomic E-state index is 0.151. The standard InChI is InChI=1S/C19H21FN2/c1-2-19(16-8-10-17(20)11-9-16)22-14-12-21(13-15-22)18-6-4-3-5-7-18/h2-11,19H,1,12-15H2/t19-/m0/s1. The Morgan fingerprint density at radius 3 is 2.14 bits per heavy atom. The van der Waals surface area contributed by atoms with Gasteiger partial charge in [0.15, 0.2) is 0 Å². The van der Waals surface area contributed by atoms with Crippen molar-refractivity contribution >= 4 is 5.69 Å². The van der Waals surface area contributed by atoms with Crippen molar-refractivity contribution in [2.75, 3.05) is 31.1 Å². The molecule has 1 saturated heterocycles. The fourth-order valence-electron chi connectivity index (χ4n) is 3.05. The average Bonchev–Trinajstić information content (AvgIpc) is 2.59. The zero-order valence-electron chi connectivity index (χ0n) is 12.7. The van der Waals surface area contributed by atoms with Gasteiger partial charge in [0.1, 0.15) is 5.82 Å². The summed E-state index contributed by atoms with van der Waals surface area (Å²) in [6, 6.07) is 17.4. The zero-order chi connectivity index (χ0) is 15.4. The molecule has 1 fully saturated rings. The van der Waals surface area contributed by atoms with E-state index in [9.17, 15) is 4.39 Å². The van der Waals surface area contributed by atoms with E-state index in [1.165, 1.54) is 17.8 Å². The Bertz CT molecular complexity index is 601. The van der Waals surface area contributed by atoms with E-state index in [1.807, 2.05) is 24.3 Å². The van der Waals surface area contributed by atoms with Crippen molar-refractivity contribution in [1.29, 1.82) is 0 Å². The maximum Gasteiger partial charge on any atom is 0.123 e. The van der Waals surface area contributed by atoms with Crippen molar-refractivity contribution in [1.82, 2.24) is 4.90 Å².